The largest absolute Gasteiger partial charge is 0.444 e. The molecule has 1 heterocycles. The molecular formula is C13H25N3O3. The molecule has 0 spiro atoms. The second kappa shape index (κ2) is 5.67. The van der Waals surface area contributed by atoms with Gasteiger partial charge in [-0.25, -0.2) is 9.59 Å². The first kappa shape index (κ1) is 15.6. The molecule has 0 radical (unpaired) electrons. The number of urea groups is 1. The summed E-state index contributed by atoms with van der Waals surface area (Å²) in [6, 6.07) is -0.0208. The Labute approximate surface area is 115 Å². The number of piperazine rings is 1. The van der Waals surface area contributed by atoms with Crippen LogP contribution in [-0.2, 0) is 4.74 Å². The van der Waals surface area contributed by atoms with E-state index in [0.717, 1.165) is 0 Å². The minimum Gasteiger partial charge on any atom is -0.444 e. The zero-order valence-electron chi connectivity index (χ0n) is 12.8. The Kier molecular flexibility index (Phi) is 4.66. The second-order valence-electron chi connectivity index (χ2n) is 6.15. The molecule has 0 aromatic rings. The molecule has 19 heavy (non-hydrogen) atoms. The zero-order valence-corrected chi connectivity index (χ0v) is 12.8. The molecule has 0 bridgehead atoms. The predicted molar refractivity (Wildman–Crippen MR) is 73.1 cm³/mol. The molecule has 1 saturated heterocycles. The van der Waals surface area contributed by atoms with Crippen LogP contribution in [0.15, 0.2) is 0 Å². The molecular weight excluding hydrogens is 246 g/mol. The van der Waals surface area contributed by atoms with Crippen molar-refractivity contribution in [1.82, 2.24) is 14.7 Å². The maximum Gasteiger partial charge on any atom is 0.410 e. The molecule has 6 heteroatoms. The van der Waals surface area contributed by atoms with Gasteiger partial charge in [0.05, 0.1) is 0 Å². The van der Waals surface area contributed by atoms with Gasteiger partial charge in [0, 0.05) is 39.8 Å². The highest BCUT2D eigenvalue weighted by atomic mass is 16.6. The van der Waals surface area contributed by atoms with Gasteiger partial charge in [0.2, 0.25) is 0 Å². The number of carbonyl (C=O) groups excluding carboxylic acids is 2. The SMILES string of the molecule is C[C@@H]1CN(C(=O)OC(C)(C)C)CCN1C(=O)N(C)C. The van der Waals surface area contributed by atoms with Crippen LogP contribution in [0.3, 0.4) is 0 Å². The van der Waals surface area contributed by atoms with E-state index in [0.29, 0.717) is 19.6 Å². The Balaban J connectivity index is 2.59. The number of rotatable bonds is 0. The Morgan fingerprint density at radius 1 is 1.21 bits per heavy atom. The van der Waals surface area contributed by atoms with Gasteiger partial charge in [-0.05, 0) is 27.7 Å². The Bertz CT molecular complexity index is 350. The molecule has 0 unspecified atom stereocenters. The van der Waals surface area contributed by atoms with E-state index in [-0.39, 0.29) is 18.2 Å². The Morgan fingerprint density at radius 2 is 1.79 bits per heavy atom. The molecule has 1 aliphatic rings. The van der Waals surface area contributed by atoms with E-state index in [1.165, 1.54) is 0 Å². The van der Waals surface area contributed by atoms with Crippen molar-refractivity contribution in [3.63, 3.8) is 0 Å². The molecule has 0 aromatic heterocycles. The fraction of sp³-hybridized carbons (Fsp3) is 0.846. The maximum absolute atomic E-state index is 12.0. The topological polar surface area (TPSA) is 53.1 Å². The van der Waals surface area contributed by atoms with Crippen LogP contribution in [0.5, 0.6) is 0 Å². The summed E-state index contributed by atoms with van der Waals surface area (Å²) < 4.78 is 5.34. The van der Waals surface area contributed by atoms with Gasteiger partial charge in [-0.3, -0.25) is 0 Å². The van der Waals surface area contributed by atoms with Crippen molar-refractivity contribution in [3.05, 3.63) is 0 Å². The molecule has 6 nitrogen and oxygen atoms in total. The van der Waals surface area contributed by atoms with Gasteiger partial charge < -0.3 is 19.4 Å². The molecule has 0 aromatic carbocycles. The summed E-state index contributed by atoms with van der Waals surface area (Å²) in [4.78, 5) is 28.9. The van der Waals surface area contributed by atoms with Crippen molar-refractivity contribution >= 4 is 12.1 Å². The van der Waals surface area contributed by atoms with E-state index in [1.807, 2.05) is 27.7 Å². The highest BCUT2D eigenvalue weighted by Gasteiger charge is 2.32. The number of hydrogen-bond donors (Lipinski definition) is 0. The van der Waals surface area contributed by atoms with Crippen molar-refractivity contribution in [2.75, 3.05) is 33.7 Å². The van der Waals surface area contributed by atoms with Crippen LogP contribution >= 0.6 is 0 Å². The lowest BCUT2D eigenvalue weighted by Gasteiger charge is -2.40. The third kappa shape index (κ3) is 4.29. The van der Waals surface area contributed by atoms with Gasteiger partial charge in [0.25, 0.3) is 0 Å². The number of ether oxygens (including phenoxy) is 1. The van der Waals surface area contributed by atoms with Gasteiger partial charge in [-0.2, -0.15) is 0 Å². The summed E-state index contributed by atoms with van der Waals surface area (Å²) in [6.07, 6.45) is -0.309. The number of amides is 3. The molecule has 0 N–H and O–H groups in total. The summed E-state index contributed by atoms with van der Waals surface area (Å²) in [5, 5.41) is 0. The second-order valence-corrected chi connectivity index (χ2v) is 6.15. The van der Waals surface area contributed by atoms with E-state index in [1.54, 1.807) is 28.8 Å². The molecule has 1 atom stereocenters. The summed E-state index contributed by atoms with van der Waals surface area (Å²) in [5.74, 6) is 0. The highest BCUT2D eigenvalue weighted by Crippen LogP contribution is 2.15. The number of carbonyl (C=O) groups is 2. The van der Waals surface area contributed by atoms with E-state index < -0.39 is 5.60 Å². The average Bonchev–Trinajstić information content (AvgIpc) is 2.25. The standard InChI is InChI=1S/C13H25N3O3/c1-10-9-15(12(18)19-13(2,3)4)7-8-16(10)11(17)14(5)6/h10H,7-9H2,1-6H3/t10-/m1/s1. The van der Waals surface area contributed by atoms with Crippen molar-refractivity contribution < 1.29 is 14.3 Å². The van der Waals surface area contributed by atoms with E-state index in [4.69, 9.17) is 4.74 Å². The zero-order chi connectivity index (χ0) is 14.8. The first-order valence-electron chi connectivity index (χ1n) is 6.57. The van der Waals surface area contributed by atoms with Crippen LogP contribution in [-0.4, -0.2) is 72.2 Å². The van der Waals surface area contributed by atoms with Crippen LogP contribution in [0.4, 0.5) is 9.59 Å². The maximum atomic E-state index is 12.0. The molecule has 3 amide bonds. The monoisotopic (exact) mass is 271 g/mol. The third-order valence-electron chi connectivity index (χ3n) is 2.91. The Morgan fingerprint density at radius 3 is 2.21 bits per heavy atom. The number of hydrogen-bond acceptors (Lipinski definition) is 3. The average molecular weight is 271 g/mol. The summed E-state index contributed by atoms with van der Waals surface area (Å²) >= 11 is 0. The van der Waals surface area contributed by atoms with Crippen LogP contribution < -0.4 is 0 Å². The van der Waals surface area contributed by atoms with Gasteiger partial charge >= 0.3 is 12.1 Å². The van der Waals surface area contributed by atoms with E-state index in [2.05, 4.69) is 0 Å². The fourth-order valence-corrected chi connectivity index (χ4v) is 1.99. The van der Waals surface area contributed by atoms with Crippen molar-refractivity contribution in [1.29, 1.82) is 0 Å². The summed E-state index contributed by atoms with van der Waals surface area (Å²) in [5.41, 5.74) is -0.489. The van der Waals surface area contributed by atoms with E-state index >= 15 is 0 Å². The normalized spacial score (nSPS) is 20.2. The lowest BCUT2D eigenvalue weighted by molar-refractivity contribution is 0.00921. The lowest BCUT2D eigenvalue weighted by Crippen LogP contribution is -2.57. The molecule has 1 fully saturated rings. The van der Waals surface area contributed by atoms with Crippen molar-refractivity contribution in [2.24, 2.45) is 0 Å². The first-order valence-corrected chi connectivity index (χ1v) is 6.57. The van der Waals surface area contributed by atoms with Crippen LogP contribution in [0.25, 0.3) is 0 Å². The first-order chi connectivity index (χ1) is 8.61. The summed E-state index contributed by atoms with van der Waals surface area (Å²) in [6.45, 7) is 9.04. The van der Waals surface area contributed by atoms with E-state index in [9.17, 15) is 9.59 Å². The van der Waals surface area contributed by atoms with Crippen LogP contribution in [0, 0.1) is 0 Å². The van der Waals surface area contributed by atoms with Crippen molar-refractivity contribution in [2.45, 2.75) is 39.3 Å². The van der Waals surface area contributed by atoms with Gasteiger partial charge in [-0.1, -0.05) is 0 Å². The minimum atomic E-state index is -0.489. The van der Waals surface area contributed by atoms with Crippen molar-refractivity contribution in [3.8, 4) is 0 Å². The number of nitrogens with zero attached hydrogens (tertiary/aromatic N) is 3. The van der Waals surface area contributed by atoms with Gasteiger partial charge in [0.15, 0.2) is 0 Å². The smallest absolute Gasteiger partial charge is 0.410 e. The van der Waals surface area contributed by atoms with Gasteiger partial charge in [0.1, 0.15) is 5.60 Å². The lowest BCUT2D eigenvalue weighted by atomic mass is 10.2. The molecule has 0 saturated carbocycles. The molecule has 1 aliphatic heterocycles. The summed E-state index contributed by atoms with van der Waals surface area (Å²) in [7, 11) is 3.46. The van der Waals surface area contributed by atoms with Crippen LogP contribution in [0.1, 0.15) is 27.7 Å². The third-order valence-corrected chi connectivity index (χ3v) is 2.91. The Hall–Kier alpha value is -1.46. The molecule has 0 aliphatic carbocycles. The highest BCUT2D eigenvalue weighted by molar-refractivity contribution is 5.75. The molecule has 1 rings (SSSR count). The molecule has 110 valence electrons. The fourth-order valence-electron chi connectivity index (χ4n) is 1.99. The van der Waals surface area contributed by atoms with Gasteiger partial charge in [-0.15, -0.1) is 0 Å². The van der Waals surface area contributed by atoms with Crippen LogP contribution in [0.2, 0.25) is 0 Å². The minimum absolute atomic E-state index is 0.00355. The quantitative estimate of drug-likeness (QED) is 0.672. The predicted octanol–water partition coefficient (Wildman–Crippen LogP) is 1.61.